The second kappa shape index (κ2) is 8.14. The Kier molecular flexibility index (Phi) is 6.15. The summed E-state index contributed by atoms with van der Waals surface area (Å²) >= 11 is 0. The minimum Gasteiger partial charge on any atom is -0.462 e. The summed E-state index contributed by atoms with van der Waals surface area (Å²) in [5, 5.41) is 0. The van der Waals surface area contributed by atoms with E-state index in [2.05, 4.69) is 0 Å². The van der Waals surface area contributed by atoms with Crippen molar-refractivity contribution in [2.75, 3.05) is 0 Å². The average Bonchev–Trinajstić information content (AvgIpc) is 2.59. The molecule has 0 aromatic heterocycles. The molecule has 0 amide bonds. The molecular formula is C20H32F2O2. The fourth-order valence-corrected chi connectivity index (χ4v) is 5.03. The van der Waals surface area contributed by atoms with Gasteiger partial charge in [0, 0.05) is 6.42 Å². The molecule has 6 unspecified atom stereocenters. The van der Waals surface area contributed by atoms with Gasteiger partial charge in [0.25, 0.3) is 0 Å². The van der Waals surface area contributed by atoms with Gasteiger partial charge in [0.1, 0.15) is 18.4 Å². The molecule has 3 saturated carbocycles. The molecule has 0 aromatic carbocycles. The van der Waals surface area contributed by atoms with E-state index >= 15 is 0 Å². The third kappa shape index (κ3) is 4.29. The fraction of sp³-hybridized carbons (Fsp3) is 0.950. The Morgan fingerprint density at radius 2 is 1.58 bits per heavy atom. The smallest absolute Gasteiger partial charge is 0.312 e. The zero-order valence-corrected chi connectivity index (χ0v) is 14.9. The maximum absolute atomic E-state index is 14.6. The van der Waals surface area contributed by atoms with Crippen LogP contribution < -0.4 is 0 Å². The van der Waals surface area contributed by atoms with Crippen LogP contribution >= 0.6 is 0 Å². The van der Waals surface area contributed by atoms with Crippen molar-refractivity contribution in [2.45, 2.75) is 96.0 Å². The summed E-state index contributed by atoms with van der Waals surface area (Å²) in [6, 6.07) is 0. The van der Waals surface area contributed by atoms with Crippen molar-refractivity contribution in [3.63, 3.8) is 0 Å². The third-order valence-corrected chi connectivity index (χ3v) is 6.76. The van der Waals surface area contributed by atoms with Crippen molar-refractivity contribution in [1.29, 1.82) is 0 Å². The summed E-state index contributed by atoms with van der Waals surface area (Å²) < 4.78 is 33.9. The van der Waals surface area contributed by atoms with Gasteiger partial charge in [0.2, 0.25) is 0 Å². The monoisotopic (exact) mass is 342 g/mol. The number of alkyl halides is 2. The minimum absolute atomic E-state index is 0.0415. The SMILES string of the molecule is CC1CCC(OC(=O)C2CCC(C3CCCCC3)CC2F)CC1F. The highest BCUT2D eigenvalue weighted by molar-refractivity contribution is 5.73. The van der Waals surface area contributed by atoms with E-state index in [4.69, 9.17) is 4.74 Å². The molecule has 3 aliphatic carbocycles. The lowest BCUT2D eigenvalue weighted by molar-refractivity contribution is -0.161. The number of ether oxygens (including phenoxy) is 1. The molecule has 6 atom stereocenters. The average molecular weight is 342 g/mol. The first-order valence-corrected chi connectivity index (χ1v) is 10.0. The largest absolute Gasteiger partial charge is 0.462 e. The minimum atomic E-state index is -1.08. The molecule has 24 heavy (non-hydrogen) atoms. The third-order valence-electron chi connectivity index (χ3n) is 6.76. The van der Waals surface area contributed by atoms with Gasteiger partial charge < -0.3 is 4.74 Å². The lowest BCUT2D eigenvalue weighted by Crippen LogP contribution is -2.39. The van der Waals surface area contributed by atoms with Gasteiger partial charge in [-0.3, -0.25) is 4.79 Å². The van der Waals surface area contributed by atoms with Crippen LogP contribution in [0.15, 0.2) is 0 Å². The van der Waals surface area contributed by atoms with Crippen LogP contribution in [0.1, 0.15) is 77.6 Å². The maximum atomic E-state index is 14.6. The molecular weight excluding hydrogens is 310 g/mol. The van der Waals surface area contributed by atoms with Crippen LogP contribution in [-0.2, 0) is 9.53 Å². The van der Waals surface area contributed by atoms with Crippen LogP contribution in [0, 0.1) is 23.7 Å². The molecule has 0 saturated heterocycles. The number of hydrogen-bond acceptors (Lipinski definition) is 2. The Labute approximate surface area is 144 Å². The molecule has 0 spiro atoms. The second-order valence-electron chi connectivity index (χ2n) is 8.46. The number of hydrogen-bond donors (Lipinski definition) is 0. The van der Waals surface area contributed by atoms with Gasteiger partial charge in [0.15, 0.2) is 0 Å². The topological polar surface area (TPSA) is 26.3 Å². The standard InChI is InChI=1S/C20H32F2O2/c1-13-7-9-16(12-18(13)21)24-20(23)17-10-8-15(11-19(17)22)14-5-3-2-4-6-14/h13-19H,2-12H2,1H3. The maximum Gasteiger partial charge on any atom is 0.312 e. The van der Waals surface area contributed by atoms with Gasteiger partial charge in [-0.1, -0.05) is 39.0 Å². The van der Waals surface area contributed by atoms with E-state index in [9.17, 15) is 13.6 Å². The van der Waals surface area contributed by atoms with Gasteiger partial charge in [-0.2, -0.15) is 0 Å². The lowest BCUT2D eigenvalue weighted by atomic mass is 9.70. The summed E-state index contributed by atoms with van der Waals surface area (Å²) in [4.78, 5) is 12.4. The van der Waals surface area contributed by atoms with E-state index < -0.39 is 24.2 Å². The Morgan fingerprint density at radius 1 is 0.833 bits per heavy atom. The molecule has 3 aliphatic rings. The van der Waals surface area contributed by atoms with Crippen molar-refractivity contribution in [3.8, 4) is 0 Å². The lowest BCUT2D eigenvalue weighted by Gasteiger charge is -2.37. The summed E-state index contributed by atoms with van der Waals surface area (Å²) in [5.41, 5.74) is 0. The van der Waals surface area contributed by atoms with Crippen LogP contribution in [0.4, 0.5) is 8.78 Å². The molecule has 3 fully saturated rings. The van der Waals surface area contributed by atoms with Crippen molar-refractivity contribution in [1.82, 2.24) is 0 Å². The number of esters is 1. The molecule has 0 aromatic rings. The highest BCUT2D eigenvalue weighted by atomic mass is 19.1. The number of halogens is 2. The van der Waals surface area contributed by atoms with Crippen molar-refractivity contribution in [2.24, 2.45) is 23.7 Å². The Bertz CT molecular complexity index is 422. The van der Waals surface area contributed by atoms with Crippen LogP contribution in [0.5, 0.6) is 0 Å². The molecule has 0 N–H and O–H groups in total. The normalized spacial score (nSPS) is 41.8. The van der Waals surface area contributed by atoms with Crippen LogP contribution in [0.25, 0.3) is 0 Å². The van der Waals surface area contributed by atoms with E-state index in [1.807, 2.05) is 6.92 Å². The van der Waals surface area contributed by atoms with Crippen molar-refractivity contribution in [3.05, 3.63) is 0 Å². The first-order chi connectivity index (χ1) is 11.5. The quantitative estimate of drug-likeness (QED) is 0.643. The molecule has 0 bridgehead atoms. The number of carbonyl (C=O) groups excluding carboxylic acids is 1. The summed E-state index contributed by atoms with van der Waals surface area (Å²) in [6.45, 7) is 1.90. The van der Waals surface area contributed by atoms with E-state index in [1.165, 1.54) is 32.1 Å². The van der Waals surface area contributed by atoms with Crippen LogP contribution in [-0.4, -0.2) is 24.4 Å². The Hall–Kier alpha value is -0.670. The van der Waals surface area contributed by atoms with Gasteiger partial charge in [0.05, 0.1) is 5.92 Å². The first kappa shape index (κ1) is 18.1. The van der Waals surface area contributed by atoms with Gasteiger partial charge in [-0.25, -0.2) is 8.78 Å². The molecule has 138 valence electrons. The molecule has 2 nitrogen and oxygen atoms in total. The molecule has 0 heterocycles. The zero-order chi connectivity index (χ0) is 17.1. The molecule has 0 radical (unpaired) electrons. The van der Waals surface area contributed by atoms with E-state index in [0.29, 0.717) is 31.1 Å². The summed E-state index contributed by atoms with van der Waals surface area (Å²) in [6.07, 6.45) is 7.76. The Morgan fingerprint density at radius 3 is 2.25 bits per heavy atom. The Balaban J connectivity index is 1.48. The molecule has 3 rings (SSSR count). The van der Waals surface area contributed by atoms with E-state index in [-0.39, 0.29) is 18.4 Å². The highest BCUT2D eigenvalue weighted by Crippen LogP contribution is 2.41. The summed E-state index contributed by atoms with van der Waals surface area (Å²) in [7, 11) is 0. The van der Waals surface area contributed by atoms with Crippen molar-refractivity contribution >= 4 is 5.97 Å². The van der Waals surface area contributed by atoms with Crippen molar-refractivity contribution < 1.29 is 18.3 Å². The fourth-order valence-electron chi connectivity index (χ4n) is 5.03. The van der Waals surface area contributed by atoms with E-state index in [0.717, 1.165) is 12.8 Å². The van der Waals surface area contributed by atoms with Crippen LogP contribution in [0.3, 0.4) is 0 Å². The number of rotatable bonds is 3. The van der Waals surface area contributed by atoms with Gasteiger partial charge in [-0.05, 0) is 49.9 Å². The van der Waals surface area contributed by atoms with E-state index in [1.54, 1.807) is 0 Å². The predicted octanol–water partition coefficient (Wildman–Crippen LogP) is 5.39. The highest BCUT2D eigenvalue weighted by Gasteiger charge is 2.40. The summed E-state index contributed by atoms with van der Waals surface area (Å²) in [5.74, 6) is 0.0922. The molecule has 4 heteroatoms. The predicted molar refractivity (Wildman–Crippen MR) is 90.1 cm³/mol. The zero-order valence-electron chi connectivity index (χ0n) is 14.9. The van der Waals surface area contributed by atoms with Gasteiger partial charge in [-0.15, -0.1) is 0 Å². The first-order valence-electron chi connectivity index (χ1n) is 10.0. The van der Waals surface area contributed by atoms with Crippen LogP contribution in [0.2, 0.25) is 0 Å². The van der Waals surface area contributed by atoms with Gasteiger partial charge >= 0.3 is 5.97 Å². The number of carbonyl (C=O) groups is 1. The second-order valence-corrected chi connectivity index (χ2v) is 8.46. The molecule has 0 aliphatic heterocycles.